The zero-order chi connectivity index (χ0) is 10.2. The van der Waals surface area contributed by atoms with Gasteiger partial charge in [0, 0.05) is 0 Å². The summed E-state index contributed by atoms with van der Waals surface area (Å²) in [5.41, 5.74) is 0. The zero-order valence-electron chi connectivity index (χ0n) is 5.65. The van der Waals surface area contributed by atoms with Gasteiger partial charge < -0.3 is 0 Å². The summed E-state index contributed by atoms with van der Waals surface area (Å²) in [6, 6.07) is 0. The Morgan fingerprint density at radius 2 is 1.00 bits per heavy atom. The van der Waals surface area contributed by atoms with E-state index in [1.165, 1.54) is 0 Å². The van der Waals surface area contributed by atoms with Crippen LogP contribution in [0.1, 0.15) is 0 Å². The monoisotopic (exact) mass is 421 g/mol. The number of hydrogen-bond acceptors (Lipinski definition) is 0. The van der Waals surface area contributed by atoms with E-state index in [2.05, 4.69) is 0 Å². The summed E-state index contributed by atoms with van der Waals surface area (Å²) in [7, 11) is 0. The average molecular weight is 421 g/mol. The third-order valence-electron chi connectivity index (χ3n) is 1.23. The van der Waals surface area contributed by atoms with E-state index >= 15 is 0 Å². The van der Waals surface area contributed by atoms with E-state index in [0.717, 1.165) is 0 Å². The van der Waals surface area contributed by atoms with E-state index in [4.69, 9.17) is 0 Å². The Kier molecular flexibility index (Phi) is 3.72. The van der Waals surface area contributed by atoms with Crippen LogP contribution in [0.15, 0.2) is 0 Å². The maximum absolute atomic E-state index is 12.7. The third-order valence-corrected chi connectivity index (χ3v) is 5.32. The molecule has 0 aliphatic carbocycles. The number of rotatable bonds is 1. The van der Waals surface area contributed by atoms with Crippen LogP contribution in [0.5, 0.6) is 0 Å². The van der Waals surface area contributed by atoms with E-state index in [-0.39, 0.29) is 0 Å². The van der Waals surface area contributed by atoms with Gasteiger partial charge in [-0.3, -0.25) is 0 Å². The van der Waals surface area contributed by atoms with Crippen molar-refractivity contribution in [3.8, 4) is 0 Å². The van der Waals surface area contributed by atoms with Gasteiger partial charge in [-0.25, -0.2) is 0 Å². The van der Waals surface area contributed by atoms with Gasteiger partial charge >= 0.3 is 90.5 Å². The molecule has 13 heavy (non-hydrogen) atoms. The summed E-state index contributed by atoms with van der Waals surface area (Å²) < 4.78 is 62.0. The Bertz CT molecular complexity index is 322. The summed E-state index contributed by atoms with van der Waals surface area (Å²) in [6.45, 7) is 0. The summed E-state index contributed by atoms with van der Waals surface area (Å²) in [5.74, 6) is -9.26. The topological polar surface area (TPSA) is 0 Å². The molecule has 0 amide bonds. The molecule has 0 bridgehead atoms. The van der Waals surface area contributed by atoms with Crippen molar-refractivity contribution in [2.45, 2.75) is 0 Å². The summed E-state index contributed by atoms with van der Waals surface area (Å²) in [6.07, 6.45) is 0. The molecule has 1 rings (SSSR count). The molecule has 1 aromatic rings. The fraction of sp³-hybridized carbons (Fsp3) is 0. The molecular weight excluding hydrogens is 421 g/mol. The number of benzene rings is 1. The third kappa shape index (κ3) is 1.90. The molecule has 0 spiro atoms. The van der Waals surface area contributed by atoms with Crippen molar-refractivity contribution in [3.05, 3.63) is 32.7 Å². The Morgan fingerprint density at radius 3 is 1.31 bits per heavy atom. The fourth-order valence-corrected chi connectivity index (χ4v) is 3.87. The molecule has 0 atom stereocenters. The number of hydrogen-bond donors (Lipinski definition) is 0. The Balaban J connectivity index is 3.56. The van der Waals surface area contributed by atoms with Gasteiger partial charge in [-0.1, -0.05) is 0 Å². The molecule has 0 saturated heterocycles. The van der Waals surface area contributed by atoms with E-state index in [9.17, 15) is 22.0 Å². The first-order valence-corrected chi connectivity index (χ1v) is 10.1. The molecule has 0 nitrogen and oxygen atoms in total. The second-order valence-corrected chi connectivity index (χ2v) is 6.18. The molecule has 0 aliphatic heterocycles. The van der Waals surface area contributed by atoms with Crippen LogP contribution >= 0.6 is 18.6 Å². The Hall–Kier alpha value is 0.330. The van der Waals surface area contributed by atoms with E-state index in [1.807, 2.05) is 0 Å². The van der Waals surface area contributed by atoms with Crippen molar-refractivity contribution < 1.29 is 39.2 Å². The van der Waals surface area contributed by atoms with Crippen molar-refractivity contribution in [3.63, 3.8) is 0 Å². The van der Waals surface area contributed by atoms with Crippen LogP contribution in [0.2, 0.25) is 0 Å². The molecule has 0 saturated carbocycles. The number of halogens is 7. The van der Waals surface area contributed by atoms with Gasteiger partial charge in [0.25, 0.3) is 0 Å². The maximum atomic E-state index is 12.7. The molecule has 0 unspecified atom stereocenters. The zero-order valence-corrected chi connectivity index (χ0v) is 9.96. The molecule has 1 aromatic carbocycles. The van der Waals surface area contributed by atoms with Gasteiger partial charge in [0.2, 0.25) is 0 Å². The van der Waals surface area contributed by atoms with E-state index in [0.29, 0.717) is 0 Å². The second kappa shape index (κ2) is 4.24. The molecule has 7 heteroatoms. The molecular formula is C6F5I2-. The second-order valence-electron chi connectivity index (χ2n) is 1.96. The van der Waals surface area contributed by atoms with Crippen molar-refractivity contribution in [2.24, 2.45) is 0 Å². The van der Waals surface area contributed by atoms with Crippen molar-refractivity contribution in [1.29, 1.82) is 0 Å². The average Bonchev–Trinajstić information content (AvgIpc) is 2.13. The molecule has 0 aromatic heterocycles. The minimum atomic E-state index is -2.10. The predicted molar refractivity (Wildman–Crippen MR) is 38.9 cm³/mol. The molecule has 0 heterocycles. The first-order valence-electron chi connectivity index (χ1n) is 2.78. The van der Waals surface area contributed by atoms with Crippen molar-refractivity contribution in [1.82, 2.24) is 0 Å². The minimum absolute atomic E-state index is 0.684. The van der Waals surface area contributed by atoms with Crippen molar-refractivity contribution in [2.75, 3.05) is 0 Å². The van der Waals surface area contributed by atoms with Gasteiger partial charge in [-0.2, -0.15) is 0 Å². The standard InChI is InChI=1S/C6F5I2/c7-1-2(8)4(10)6(13-12)5(11)3(1)9/q-1. The molecule has 74 valence electrons. The van der Waals surface area contributed by atoms with Crippen LogP contribution < -0.4 is 17.2 Å². The first kappa shape index (κ1) is 11.4. The summed E-state index contributed by atoms with van der Waals surface area (Å²) in [5, 5.41) is 0. The normalized spacial score (nSPS) is 10.9. The molecule has 0 aliphatic rings. The fourth-order valence-electron chi connectivity index (χ4n) is 0.641. The first-order chi connectivity index (χ1) is 6.00. The van der Waals surface area contributed by atoms with Crippen LogP contribution in [-0.2, 0) is 0 Å². The van der Waals surface area contributed by atoms with E-state index in [1.54, 1.807) is 18.6 Å². The predicted octanol–water partition coefficient (Wildman–Crippen LogP) is -0.00930. The summed E-state index contributed by atoms with van der Waals surface area (Å²) in [4.78, 5) is 0. The van der Waals surface area contributed by atoms with Crippen LogP contribution in [0.25, 0.3) is 0 Å². The van der Waals surface area contributed by atoms with Gasteiger partial charge in [0.15, 0.2) is 0 Å². The van der Waals surface area contributed by atoms with E-state index < -0.39 is 49.9 Å². The van der Waals surface area contributed by atoms with Crippen molar-refractivity contribution >= 4 is 18.6 Å². The quantitative estimate of drug-likeness (QED) is 0.259. The molecule has 0 fully saturated rings. The SMILES string of the molecule is Fc1c(F)c(F)c([I-]I)c(F)c1F. The van der Waals surface area contributed by atoms with Gasteiger partial charge in [-0.15, -0.1) is 0 Å². The van der Waals surface area contributed by atoms with Crippen LogP contribution in [0.4, 0.5) is 22.0 Å². The van der Waals surface area contributed by atoms with Gasteiger partial charge in [0.1, 0.15) is 0 Å². The van der Waals surface area contributed by atoms with Crippen LogP contribution in [-0.4, -0.2) is 0 Å². The van der Waals surface area contributed by atoms with Crippen LogP contribution in [0.3, 0.4) is 0 Å². The summed E-state index contributed by atoms with van der Waals surface area (Å²) >= 11 is 0.417. The molecule has 0 N–H and O–H groups in total. The Morgan fingerprint density at radius 1 is 0.692 bits per heavy atom. The van der Waals surface area contributed by atoms with Crippen LogP contribution in [0, 0.1) is 32.7 Å². The van der Waals surface area contributed by atoms with Gasteiger partial charge in [0.05, 0.1) is 0 Å². The molecule has 0 radical (unpaired) electrons. The Labute approximate surface area is 89.9 Å². The van der Waals surface area contributed by atoms with Gasteiger partial charge in [-0.05, 0) is 0 Å².